The molecule has 0 aliphatic heterocycles. The number of benzene rings is 1. The maximum absolute atomic E-state index is 8.86. The number of hydrogen-bond donors (Lipinski definition) is 1. The molecule has 1 aromatic carbocycles. The van der Waals surface area contributed by atoms with E-state index in [0.717, 1.165) is 11.3 Å². The Morgan fingerprint density at radius 2 is 2.23 bits per heavy atom. The third-order valence-electron chi connectivity index (χ3n) is 1.59. The molecule has 13 heavy (non-hydrogen) atoms. The van der Waals surface area contributed by atoms with Gasteiger partial charge in [-0.05, 0) is 35.7 Å². The van der Waals surface area contributed by atoms with Crippen molar-refractivity contribution >= 4 is 0 Å². The van der Waals surface area contributed by atoms with Gasteiger partial charge in [-0.15, -0.1) is 0 Å². The van der Waals surface area contributed by atoms with Crippen LogP contribution in [0, 0.1) is 12.0 Å². The third-order valence-corrected chi connectivity index (χ3v) is 1.59. The van der Waals surface area contributed by atoms with E-state index in [2.05, 4.69) is 19.9 Å². The van der Waals surface area contributed by atoms with Gasteiger partial charge >= 0.3 is 0 Å². The summed E-state index contributed by atoms with van der Waals surface area (Å²) in [7, 11) is 0. The van der Waals surface area contributed by atoms with Gasteiger partial charge in [0.2, 0.25) is 0 Å². The summed E-state index contributed by atoms with van der Waals surface area (Å²) in [6.07, 6.45) is 0. The van der Waals surface area contributed by atoms with Crippen molar-refractivity contribution in [1.82, 2.24) is 0 Å². The monoisotopic (exact) mass is 179 g/mol. The van der Waals surface area contributed by atoms with Gasteiger partial charge in [-0.3, -0.25) is 0 Å². The van der Waals surface area contributed by atoms with Crippen LogP contribution in [0.25, 0.3) is 0 Å². The first-order chi connectivity index (χ1) is 6.22. The minimum Gasteiger partial charge on any atom is -0.493 e. The Labute approximate surface area is 79.2 Å². The van der Waals surface area contributed by atoms with Crippen molar-refractivity contribution in [2.24, 2.45) is 5.92 Å². The van der Waals surface area contributed by atoms with Crippen LogP contribution in [0.15, 0.2) is 18.2 Å². The smallest absolute Gasteiger partial charge is 0.120 e. The highest BCUT2D eigenvalue weighted by Crippen LogP contribution is 2.13. The maximum atomic E-state index is 8.86. The summed E-state index contributed by atoms with van der Waals surface area (Å²) in [6.45, 7) is 4.93. The van der Waals surface area contributed by atoms with Gasteiger partial charge in [0.25, 0.3) is 0 Å². The molecule has 0 aliphatic rings. The molecule has 2 heteroatoms. The molecule has 0 fully saturated rings. The van der Waals surface area contributed by atoms with Gasteiger partial charge in [-0.1, -0.05) is 13.8 Å². The van der Waals surface area contributed by atoms with Crippen LogP contribution in [-0.4, -0.2) is 11.7 Å². The van der Waals surface area contributed by atoms with Gasteiger partial charge in [0.15, 0.2) is 0 Å². The first-order valence-electron chi connectivity index (χ1n) is 4.46. The molecule has 71 valence electrons. The fraction of sp³-hybridized carbons (Fsp3) is 0.455. The summed E-state index contributed by atoms with van der Waals surface area (Å²) >= 11 is 0. The number of hydrogen-bond acceptors (Lipinski definition) is 2. The van der Waals surface area contributed by atoms with E-state index in [1.807, 2.05) is 6.07 Å². The number of aliphatic hydroxyl groups excluding tert-OH is 1. The second-order valence-electron chi connectivity index (χ2n) is 3.44. The Morgan fingerprint density at radius 1 is 1.46 bits per heavy atom. The molecule has 1 rings (SSSR count). The van der Waals surface area contributed by atoms with Crippen LogP contribution >= 0.6 is 0 Å². The topological polar surface area (TPSA) is 29.5 Å². The Hall–Kier alpha value is -1.02. The third kappa shape index (κ3) is 3.47. The highest BCUT2D eigenvalue weighted by Gasteiger charge is 1.97. The Bertz CT molecular complexity index is 256. The van der Waals surface area contributed by atoms with Crippen molar-refractivity contribution in [2.75, 3.05) is 6.61 Å². The van der Waals surface area contributed by atoms with E-state index in [9.17, 15) is 0 Å². The Balaban J connectivity index is 2.56. The number of rotatable bonds is 4. The molecular formula is C11H15O2. The summed E-state index contributed by atoms with van der Waals surface area (Å²) in [5.41, 5.74) is 0.834. The molecule has 0 bridgehead atoms. The zero-order valence-electron chi connectivity index (χ0n) is 8.08. The highest BCUT2D eigenvalue weighted by molar-refractivity contribution is 5.27. The Morgan fingerprint density at radius 3 is 2.85 bits per heavy atom. The quantitative estimate of drug-likeness (QED) is 0.766. The lowest BCUT2D eigenvalue weighted by Crippen LogP contribution is -2.04. The molecule has 2 nitrogen and oxygen atoms in total. The molecule has 0 amide bonds. The van der Waals surface area contributed by atoms with E-state index in [4.69, 9.17) is 9.84 Å². The molecule has 1 radical (unpaired) electrons. The summed E-state index contributed by atoms with van der Waals surface area (Å²) in [5.74, 6) is 1.29. The van der Waals surface area contributed by atoms with Crippen LogP contribution in [0.2, 0.25) is 0 Å². The molecule has 0 heterocycles. The molecule has 0 aromatic heterocycles. The summed E-state index contributed by atoms with van der Waals surface area (Å²) in [4.78, 5) is 0. The standard InChI is InChI=1S/C11H15O2/c1-9(2)8-13-11-5-3-4-10(6-11)7-12/h4-6,9,12H,7-8H2,1-2H3. The Kier molecular flexibility index (Phi) is 3.77. The molecule has 0 saturated heterocycles. The predicted octanol–water partition coefficient (Wildman–Crippen LogP) is 2.01. The fourth-order valence-electron chi connectivity index (χ4n) is 0.934. The van der Waals surface area contributed by atoms with E-state index in [0.29, 0.717) is 12.5 Å². The fourth-order valence-corrected chi connectivity index (χ4v) is 0.934. The molecule has 1 aromatic rings. The van der Waals surface area contributed by atoms with Gasteiger partial charge in [0.1, 0.15) is 5.75 Å². The normalized spacial score (nSPS) is 10.5. The molecule has 0 atom stereocenters. The average molecular weight is 179 g/mol. The van der Waals surface area contributed by atoms with Crippen LogP contribution in [0.5, 0.6) is 5.75 Å². The minimum atomic E-state index is 0.0371. The molecule has 0 unspecified atom stereocenters. The van der Waals surface area contributed by atoms with E-state index in [-0.39, 0.29) is 6.61 Å². The van der Waals surface area contributed by atoms with Crippen molar-refractivity contribution < 1.29 is 9.84 Å². The first-order valence-corrected chi connectivity index (χ1v) is 4.46. The van der Waals surface area contributed by atoms with Crippen LogP contribution in [-0.2, 0) is 6.61 Å². The lowest BCUT2D eigenvalue weighted by atomic mass is 10.2. The maximum Gasteiger partial charge on any atom is 0.120 e. The number of aliphatic hydroxyl groups is 1. The second kappa shape index (κ2) is 4.87. The minimum absolute atomic E-state index is 0.0371. The lowest BCUT2D eigenvalue weighted by molar-refractivity contribution is 0.265. The summed E-state index contributed by atoms with van der Waals surface area (Å²) < 4.78 is 5.47. The lowest BCUT2D eigenvalue weighted by Gasteiger charge is -2.08. The summed E-state index contributed by atoms with van der Waals surface area (Å²) in [5, 5.41) is 8.86. The van der Waals surface area contributed by atoms with Gasteiger partial charge in [-0.2, -0.15) is 0 Å². The van der Waals surface area contributed by atoms with Crippen LogP contribution in [0.4, 0.5) is 0 Å². The van der Waals surface area contributed by atoms with E-state index < -0.39 is 0 Å². The molecule has 0 saturated carbocycles. The zero-order valence-corrected chi connectivity index (χ0v) is 8.08. The van der Waals surface area contributed by atoms with Gasteiger partial charge in [0, 0.05) is 0 Å². The van der Waals surface area contributed by atoms with Crippen molar-refractivity contribution in [3.8, 4) is 5.75 Å². The molecule has 1 N–H and O–H groups in total. The first kappa shape index (κ1) is 10.1. The van der Waals surface area contributed by atoms with Crippen LogP contribution in [0.3, 0.4) is 0 Å². The van der Waals surface area contributed by atoms with E-state index >= 15 is 0 Å². The van der Waals surface area contributed by atoms with Crippen LogP contribution in [0.1, 0.15) is 19.4 Å². The predicted molar refractivity (Wildman–Crippen MR) is 51.5 cm³/mol. The van der Waals surface area contributed by atoms with Gasteiger partial charge in [-0.25, -0.2) is 0 Å². The van der Waals surface area contributed by atoms with Crippen molar-refractivity contribution in [2.45, 2.75) is 20.5 Å². The van der Waals surface area contributed by atoms with Gasteiger partial charge < -0.3 is 9.84 Å². The highest BCUT2D eigenvalue weighted by atomic mass is 16.5. The van der Waals surface area contributed by atoms with E-state index in [1.54, 1.807) is 12.1 Å². The number of ether oxygens (including phenoxy) is 1. The van der Waals surface area contributed by atoms with Crippen LogP contribution < -0.4 is 4.74 Å². The van der Waals surface area contributed by atoms with Gasteiger partial charge in [0.05, 0.1) is 13.2 Å². The molecular weight excluding hydrogens is 164 g/mol. The summed E-state index contributed by atoms with van der Waals surface area (Å²) in [6, 6.07) is 8.28. The largest absolute Gasteiger partial charge is 0.493 e. The SMILES string of the molecule is CC(C)COc1c[c]cc(CO)c1. The second-order valence-corrected chi connectivity index (χ2v) is 3.44. The molecule has 0 spiro atoms. The molecule has 0 aliphatic carbocycles. The zero-order chi connectivity index (χ0) is 9.68. The van der Waals surface area contributed by atoms with E-state index in [1.165, 1.54) is 0 Å². The van der Waals surface area contributed by atoms with Crippen molar-refractivity contribution in [3.63, 3.8) is 0 Å². The van der Waals surface area contributed by atoms with Crippen molar-refractivity contribution in [3.05, 3.63) is 29.8 Å². The van der Waals surface area contributed by atoms with Crippen molar-refractivity contribution in [1.29, 1.82) is 0 Å². The average Bonchev–Trinajstić information content (AvgIpc) is 2.15.